The Morgan fingerprint density at radius 2 is 1.93 bits per heavy atom. The van der Waals surface area contributed by atoms with Crippen molar-refractivity contribution in [2.24, 2.45) is 0 Å². The van der Waals surface area contributed by atoms with Crippen molar-refractivity contribution in [1.82, 2.24) is 24.5 Å². The number of likely N-dealkylation sites (tertiary alicyclic amines) is 1. The first-order valence-electron chi connectivity index (χ1n) is 11.6. The summed E-state index contributed by atoms with van der Waals surface area (Å²) in [5, 5.41) is 14.1. The zero-order chi connectivity index (χ0) is 20.9. The van der Waals surface area contributed by atoms with E-state index in [-0.39, 0.29) is 6.61 Å². The SMILES string of the molecule is CC(C)N1CCC(N2CCN(Cc3cccc(-n4cccn4)c3)C[C@H]2CCO)CC1. The number of rotatable bonds is 7. The van der Waals surface area contributed by atoms with Gasteiger partial charge in [-0.3, -0.25) is 9.80 Å². The number of piperidine rings is 1. The van der Waals surface area contributed by atoms with Crippen LogP contribution in [0.3, 0.4) is 0 Å². The van der Waals surface area contributed by atoms with E-state index in [9.17, 15) is 5.11 Å². The molecule has 1 aromatic carbocycles. The third-order valence-corrected chi connectivity index (χ3v) is 6.86. The highest BCUT2D eigenvalue weighted by atomic mass is 16.3. The van der Waals surface area contributed by atoms with E-state index < -0.39 is 0 Å². The van der Waals surface area contributed by atoms with E-state index in [4.69, 9.17) is 0 Å². The van der Waals surface area contributed by atoms with Gasteiger partial charge in [0.15, 0.2) is 0 Å². The topological polar surface area (TPSA) is 47.8 Å². The van der Waals surface area contributed by atoms with Gasteiger partial charge in [0, 0.05) is 63.3 Å². The smallest absolute Gasteiger partial charge is 0.0648 e. The zero-order valence-electron chi connectivity index (χ0n) is 18.5. The molecule has 2 aliphatic rings. The molecule has 0 spiro atoms. The van der Waals surface area contributed by atoms with Crippen LogP contribution in [0.15, 0.2) is 42.7 Å². The van der Waals surface area contributed by atoms with Gasteiger partial charge in [0.05, 0.1) is 5.69 Å². The second kappa shape index (κ2) is 10.1. The van der Waals surface area contributed by atoms with E-state index in [1.807, 2.05) is 23.1 Å². The number of hydrogen-bond donors (Lipinski definition) is 1. The molecular formula is C24H37N5O. The minimum Gasteiger partial charge on any atom is -0.396 e. The summed E-state index contributed by atoms with van der Waals surface area (Å²) in [6, 6.07) is 12.4. The number of hydrogen-bond acceptors (Lipinski definition) is 5. The van der Waals surface area contributed by atoms with Gasteiger partial charge in [-0.2, -0.15) is 5.10 Å². The first-order valence-corrected chi connectivity index (χ1v) is 11.6. The average molecular weight is 412 g/mol. The van der Waals surface area contributed by atoms with Crippen LogP contribution >= 0.6 is 0 Å². The molecule has 4 rings (SSSR count). The van der Waals surface area contributed by atoms with Crippen molar-refractivity contribution in [2.75, 3.05) is 39.3 Å². The summed E-state index contributed by atoms with van der Waals surface area (Å²) in [7, 11) is 0. The molecule has 2 aliphatic heterocycles. The first-order chi connectivity index (χ1) is 14.6. The molecule has 0 aliphatic carbocycles. The Morgan fingerprint density at radius 3 is 2.63 bits per heavy atom. The van der Waals surface area contributed by atoms with Gasteiger partial charge in [0.1, 0.15) is 0 Å². The molecule has 0 saturated carbocycles. The van der Waals surface area contributed by atoms with Crippen LogP contribution in [0.4, 0.5) is 0 Å². The van der Waals surface area contributed by atoms with Crippen LogP contribution in [-0.4, -0.2) is 87.0 Å². The van der Waals surface area contributed by atoms with Gasteiger partial charge < -0.3 is 10.0 Å². The van der Waals surface area contributed by atoms with Crippen molar-refractivity contribution in [2.45, 2.75) is 57.8 Å². The van der Waals surface area contributed by atoms with E-state index in [1.54, 1.807) is 0 Å². The molecule has 0 unspecified atom stereocenters. The van der Waals surface area contributed by atoms with Crippen molar-refractivity contribution >= 4 is 0 Å². The van der Waals surface area contributed by atoms with Crippen molar-refractivity contribution < 1.29 is 5.11 Å². The maximum Gasteiger partial charge on any atom is 0.0648 e. The van der Waals surface area contributed by atoms with Crippen LogP contribution in [0.2, 0.25) is 0 Å². The molecule has 1 N–H and O–H groups in total. The minimum atomic E-state index is 0.272. The van der Waals surface area contributed by atoms with Crippen LogP contribution in [0.25, 0.3) is 5.69 Å². The average Bonchev–Trinajstić information content (AvgIpc) is 3.30. The summed E-state index contributed by atoms with van der Waals surface area (Å²) < 4.78 is 1.92. The van der Waals surface area contributed by atoms with Gasteiger partial charge in [0.2, 0.25) is 0 Å². The van der Waals surface area contributed by atoms with E-state index in [0.29, 0.717) is 18.1 Å². The van der Waals surface area contributed by atoms with E-state index in [1.165, 1.54) is 31.5 Å². The summed E-state index contributed by atoms with van der Waals surface area (Å²) >= 11 is 0. The van der Waals surface area contributed by atoms with Gasteiger partial charge >= 0.3 is 0 Å². The van der Waals surface area contributed by atoms with Crippen molar-refractivity contribution in [3.63, 3.8) is 0 Å². The summed E-state index contributed by atoms with van der Waals surface area (Å²) in [5.41, 5.74) is 2.43. The van der Waals surface area contributed by atoms with Gasteiger partial charge in [-0.25, -0.2) is 4.68 Å². The Bertz CT molecular complexity index is 770. The molecule has 30 heavy (non-hydrogen) atoms. The largest absolute Gasteiger partial charge is 0.396 e. The number of aliphatic hydroxyl groups is 1. The van der Waals surface area contributed by atoms with Crippen LogP contribution in [-0.2, 0) is 6.54 Å². The van der Waals surface area contributed by atoms with Gasteiger partial charge in [0.25, 0.3) is 0 Å². The second-order valence-electron chi connectivity index (χ2n) is 9.12. The van der Waals surface area contributed by atoms with E-state index >= 15 is 0 Å². The lowest BCUT2D eigenvalue weighted by atomic mass is 9.97. The fourth-order valence-corrected chi connectivity index (χ4v) is 5.18. The van der Waals surface area contributed by atoms with Crippen LogP contribution in [0, 0.1) is 0 Å². The Labute approximate surface area is 181 Å². The third-order valence-electron chi connectivity index (χ3n) is 6.86. The molecule has 2 saturated heterocycles. The third kappa shape index (κ3) is 5.11. The normalized spacial score (nSPS) is 22.7. The molecule has 0 amide bonds. The van der Waals surface area contributed by atoms with Gasteiger partial charge in [-0.15, -0.1) is 0 Å². The highest BCUT2D eigenvalue weighted by Crippen LogP contribution is 2.25. The van der Waals surface area contributed by atoms with Gasteiger partial charge in [-0.05, 0) is 70.0 Å². The number of aromatic nitrogens is 2. The molecule has 6 heteroatoms. The van der Waals surface area contributed by atoms with E-state index in [2.05, 4.69) is 57.9 Å². The number of nitrogens with zero attached hydrogens (tertiary/aromatic N) is 5. The molecule has 164 valence electrons. The highest BCUT2D eigenvalue weighted by Gasteiger charge is 2.33. The molecule has 6 nitrogen and oxygen atoms in total. The van der Waals surface area contributed by atoms with Crippen molar-refractivity contribution in [3.05, 3.63) is 48.3 Å². The molecule has 0 bridgehead atoms. The Kier molecular flexibility index (Phi) is 7.20. The van der Waals surface area contributed by atoms with Crippen LogP contribution < -0.4 is 0 Å². The molecule has 1 atom stereocenters. The lowest BCUT2D eigenvalue weighted by Crippen LogP contribution is -2.58. The number of aliphatic hydroxyl groups excluding tert-OH is 1. The fourth-order valence-electron chi connectivity index (χ4n) is 5.18. The van der Waals surface area contributed by atoms with Crippen LogP contribution in [0.1, 0.15) is 38.7 Å². The monoisotopic (exact) mass is 411 g/mol. The second-order valence-corrected chi connectivity index (χ2v) is 9.12. The molecule has 2 fully saturated rings. The summed E-state index contributed by atoms with van der Waals surface area (Å²) in [5.74, 6) is 0. The van der Waals surface area contributed by atoms with E-state index in [0.717, 1.165) is 38.3 Å². The molecule has 1 aromatic heterocycles. The Hall–Kier alpha value is -1.73. The minimum absolute atomic E-state index is 0.272. The maximum atomic E-state index is 9.70. The van der Waals surface area contributed by atoms with Crippen LogP contribution in [0.5, 0.6) is 0 Å². The van der Waals surface area contributed by atoms with Crippen molar-refractivity contribution in [1.29, 1.82) is 0 Å². The quantitative estimate of drug-likeness (QED) is 0.759. The molecule has 2 aromatic rings. The Balaban J connectivity index is 1.37. The fraction of sp³-hybridized carbons (Fsp3) is 0.625. The Morgan fingerprint density at radius 1 is 1.10 bits per heavy atom. The predicted octanol–water partition coefficient (Wildman–Crippen LogP) is 2.61. The zero-order valence-corrected chi connectivity index (χ0v) is 18.5. The first kappa shape index (κ1) is 21.5. The van der Waals surface area contributed by atoms with Crippen molar-refractivity contribution in [3.8, 4) is 5.69 Å². The molecule has 3 heterocycles. The number of benzene rings is 1. The predicted molar refractivity (Wildman–Crippen MR) is 121 cm³/mol. The standard InChI is InChI=1S/C24H37N5O/c1-20(2)27-12-7-22(8-13-27)28-15-14-26(19-24(28)9-16-30)18-21-5-3-6-23(17-21)29-11-4-10-25-29/h3-6,10-11,17,20,22,24,30H,7-9,12-16,18-19H2,1-2H3/t24-/m1/s1. The summed E-state index contributed by atoms with van der Waals surface area (Å²) in [4.78, 5) is 7.87. The molecular weight excluding hydrogens is 374 g/mol. The summed E-state index contributed by atoms with van der Waals surface area (Å²) in [6.07, 6.45) is 7.18. The lowest BCUT2D eigenvalue weighted by molar-refractivity contribution is -0.0000288. The molecule has 0 radical (unpaired) electrons. The van der Waals surface area contributed by atoms with Gasteiger partial charge in [-0.1, -0.05) is 12.1 Å². The highest BCUT2D eigenvalue weighted by molar-refractivity contribution is 5.35. The lowest BCUT2D eigenvalue weighted by Gasteiger charge is -2.48. The number of piperazine rings is 1. The summed E-state index contributed by atoms with van der Waals surface area (Å²) in [6.45, 7) is 11.5. The maximum absolute atomic E-state index is 9.70.